The van der Waals surface area contributed by atoms with Crippen LogP contribution >= 0.6 is 32.1 Å². The Morgan fingerprint density at radius 2 is 1.19 bits per heavy atom. The number of unbranched alkanes of at least 4 members (excludes halogenated alkanes) is 1. The van der Waals surface area contributed by atoms with Crippen molar-refractivity contribution >= 4 is 38.1 Å². The summed E-state index contributed by atoms with van der Waals surface area (Å²) in [6.45, 7) is 0.179. The van der Waals surface area contributed by atoms with Gasteiger partial charge in [-0.15, -0.1) is 0 Å². The van der Waals surface area contributed by atoms with E-state index in [-0.39, 0.29) is 32.0 Å². The molecule has 0 saturated carbocycles. The first-order valence-corrected chi connectivity index (χ1v) is 12.8. The number of aliphatic carboxylic acids is 1. The Labute approximate surface area is 153 Å². The molecule has 26 heavy (non-hydrogen) atoms. The molecule has 0 aliphatic heterocycles. The Bertz CT molecular complexity index is 516. The lowest BCUT2D eigenvalue weighted by molar-refractivity contribution is -0.142. The maximum Gasteiger partial charge on any atom is 0.521 e. The monoisotopic (exact) mass is 454 g/mol. The zero-order chi connectivity index (χ0) is 20.3. The molecule has 0 aliphatic rings. The van der Waals surface area contributed by atoms with Gasteiger partial charge in [0.25, 0.3) is 0 Å². The molecule has 148 valence electrons. The number of carboxylic acid groups (broad SMARTS) is 1. The van der Waals surface area contributed by atoms with Gasteiger partial charge in [0, 0.05) is 6.54 Å². The highest BCUT2D eigenvalue weighted by Gasteiger charge is 2.36. The molecule has 0 spiro atoms. The largest absolute Gasteiger partial charge is 0.521 e. The normalized spacial score (nSPS) is 15.0. The van der Waals surface area contributed by atoms with Crippen LogP contribution in [0.2, 0.25) is 0 Å². The van der Waals surface area contributed by atoms with Crippen LogP contribution in [0.5, 0.6) is 0 Å². The second kappa shape index (κ2) is 13.7. The van der Waals surface area contributed by atoms with Gasteiger partial charge >= 0.3 is 38.1 Å². The molecule has 0 bridgehead atoms. The molecule has 0 fully saturated rings. The van der Waals surface area contributed by atoms with E-state index in [9.17, 15) is 28.2 Å². The number of hydrogen-bond acceptors (Lipinski definition) is 7. The fourth-order valence-electron chi connectivity index (χ4n) is 2.22. The number of nitrogens with zero attached hydrogens (tertiary/aromatic N) is 2. The van der Waals surface area contributed by atoms with E-state index in [2.05, 4.69) is 0 Å². The first-order chi connectivity index (χ1) is 12.0. The van der Waals surface area contributed by atoms with Gasteiger partial charge in [-0.1, -0.05) is 6.42 Å². The Hall–Kier alpha value is -0.370. The van der Waals surface area contributed by atoms with Crippen molar-refractivity contribution in [2.45, 2.75) is 25.3 Å². The van der Waals surface area contributed by atoms with E-state index >= 15 is 0 Å². The summed E-state index contributed by atoms with van der Waals surface area (Å²) in [4.78, 5) is 49.4. The van der Waals surface area contributed by atoms with Crippen molar-refractivity contribution in [3.63, 3.8) is 0 Å². The average molecular weight is 454 g/mol. The molecule has 0 amide bonds. The maximum atomic E-state index is 11.4. The minimum Gasteiger partial charge on any atom is -0.480 e. The van der Waals surface area contributed by atoms with Gasteiger partial charge in [0.05, 0.1) is 0 Å². The third kappa shape index (κ3) is 12.9. The van der Waals surface area contributed by atoms with Crippen molar-refractivity contribution in [3.05, 3.63) is 0 Å². The van der Waals surface area contributed by atoms with Crippen LogP contribution in [0.25, 0.3) is 0 Å². The van der Waals surface area contributed by atoms with E-state index in [0.717, 1.165) is 4.90 Å². The van der Waals surface area contributed by atoms with Crippen LogP contribution in [0.3, 0.4) is 0 Å². The maximum absolute atomic E-state index is 11.4. The minimum absolute atomic E-state index is 0.00600. The van der Waals surface area contributed by atoms with E-state index in [4.69, 9.17) is 19.6 Å². The summed E-state index contributed by atoms with van der Waals surface area (Å²) in [5, 5.41) is 9.27. The van der Waals surface area contributed by atoms with Crippen LogP contribution in [-0.4, -0.2) is 78.2 Å². The molecule has 0 aromatic carbocycles. The number of carboxylic acids is 1. The summed E-state index contributed by atoms with van der Waals surface area (Å²) in [5.74, 6) is -1.31. The van der Waals surface area contributed by atoms with Crippen molar-refractivity contribution in [2.24, 2.45) is 0 Å². The smallest absolute Gasteiger partial charge is 0.480 e. The lowest BCUT2D eigenvalue weighted by Crippen LogP contribution is -2.41. The molecular formula is C10H22N2O10P4+4. The molecule has 16 heteroatoms. The lowest BCUT2D eigenvalue weighted by Gasteiger charge is -2.20. The molecule has 0 saturated heterocycles. The molecule has 0 heterocycles. The van der Waals surface area contributed by atoms with Crippen LogP contribution < -0.4 is 0 Å². The van der Waals surface area contributed by atoms with Crippen molar-refractivity contribution in [1.29, 1.82) is 0 Å². The van der Waals surface area contributed by atoms with E-state index in [1.165, 1.54) is 4.90 Å². The Kier molecular flexibility index (Phi) is 13.6. The Balaban J connectivity index is 4.72. The SMILES string of the molecule is O=C(O)C(CCCCN(C[P+](=O)O)C[P+](=O)O)N(C[P+](=O)O)C[P+](=O)O. The van der Waals surface area contributed by atoms with Crippen molar-refractivity contribution in [1.82, 2.24) is 9.80 Å². The van der Waals surface area contributed by atoms with Gasteiger partial charge in [-0.05, 0) is 31.1 Å². The molecule has 0 radical (unpaired) electrons. The summed E-state index contributed by atoms with van der Waals surface area (Å²) < 4.78 is 43.7. The summed E-state index contributed by atoms with van der Waals surface area (Å²) in [6, 6.07) is -1.25. The highest BCUT2D eigenvalue weighted by molar-refractivity contribution is 7.39. The zero-order valence-electron chi connectivity index (χ0n) is 13.7. The predicted octanol–water partition coefficient (Wildman–Crippen LogP) is 0.983. The van der Waals surface area contributed by atoms with E-state index in [1.54, 1.807) is 0 Å². The number of hydrogen-bond donors (Lipinski definition) is 5. The highest BCUT2D eigenvalue weighted by Crippen LogP contribution is 2.26. The quantitative estimate of drug-likeness (QED) is 0.174. The topological polar surface area (TPSA) is 193 Å². The standard InChI is InChI=1S/C10H18N2O10P4/c13-10(14)9(12(7-25(19)20)8-26(21)22)3-1-2-4-11(5-23(15)16)6-24(17)18/h9H,1-8H2,(H-4,13,14,15,16,17,18,19,20,21,22)/p+4. The molecule has 0 aromatic rings. The minimum atomic E-state index is -2.73. The summed E-state index contributed by atoms with van der Waals surface area (Å²) in [7, 11) is -10.5. The average Bonchev–Trinajstić information content (AvgIpc) is 2.43. The van der Waals surface area contributed by atoms with Crippen molar-refractivity contribution in [2.75, 3.05) is 31.7 Å². The molecular weight excluding hydrogens is 432 g/mol. The van der Waals surface area contributed by atoms with Gasteiger partial charge in [0.15, 0.2) is 0 Å². The fraction of sp³-hybridized carbons (Fsp3) is 0.900. The van der Waals surface area contributed by atoms with Crippen LogP contribution in [0, 0.1) is 0 Å². The van der Waals surface area contributed by atoms with E-state index < -0.39 is 56.7 Å². The molecule has 5 N–H and O–H groups in total. The summed E-state index contributed by atoms with van der Waals surface area (Å²) in [5.41, 5.74) is 0. The third-order valence-corrected chi connectivity index (χ3v) is 5.67. The fourth-order valence-corrected chi connectivity index (χ4v) is 4.91. The molecule has 0 aliphatic carbocycles. The lowest BCUT2D eigenvalue weighted by atomic mass is 10.1. The van der Waals surface area contributed by atoms with Gasteiger partial charge in [-0.2, -0.15) is 19.6 Å². The third-order valence-electron chi connectivity index (χ3n) is 3.17. The Morgan fingerprint density at radius 3 is 1.54 bits per heavy atom. The van der Waals surface area contributed by atoms with Gasteiger partial charge in [0.1, 0.15) is 6.04 Å². The molecule has 0 aromatic heterocycles. The summed E-state index contributed by atoms with van der Waals surface area (Å²) in [6.07, 6.45) is -1.08. The highest BCUT2D eigenvalue weighted by atomic mass is 31.1. The van der Waals surface area contributed by atoms with E-state index in [0.29, 0.717) is 6.42 Å². The van der Waals surface area contributed by atoms with Gasteiger partial charge in [0.2, 0.25) is 25.1 Å². The van der Waals surface area contributed by atoms with Crippen molar-refractivity contribution in [3.8, 4) is 0 Å². The first kappa shape index (κ1) is 25.6. The van der Waals surface area contributed by atoms with Crippen LogP contribution in [0.4, 0.5) is 0 Å². The number of carbonyl (C=O) groups is 1. The van der Waals surface area contributed by atoms with Crippen LogP contribution in [0.1, 0.15) is 19.3 Å². The second-order valence-corrected chi connectivity index (χ2v) is 9.26. The van der Waals surface area contributed by atoms with Gasteiger partial charge < -0.3 is 5.11 Å². The first-order valence-electron chi connectivity index (χ1n) is 7.26. The zero-order valence-corrected chi connectivity index (χ0v) is 17.3. The molecule has 12 nitrogen and oxygen atoms in total. The molecule has 5 atom stereocenters. The van der Waals surface area contributed by atoms with E-state index in [1.807, 2.05) is 0 Å². The van der Waals surface area contributed by atoms with Crippen molar-refractivity contribution < 1.29 is 47.7 Å². The van der Waals surface area contributed by atoms with Crippen LogP contribution in [-0.2, 0) is 23.1 Å². The van der Waals surface area contributed by atoms with Crippen LogP contribution in [0.15, 0.2) is 0 Å². The van der Waals surface area contributed by atoms with Gasteiger partial charge in [-0.3, -0.25) is 4.79 Å². The summed E-state index contributed by atoms with van der Waals surface area (Å²) >= 11 is 0. The molecule has 5 unspecified atom stereocenters. The Morgan fingerprint density at radius 1 is 0.769 bits per heavy atom. The number of rotatable bonds is 15. The molecule has 0 rings (SSSR count). The predicted molar refractivity (Wildman–Crippen MR) is 92.6 cm³/mol. The second-order valence-electron chi connectivity index (χ2n) is 5.31. The van der Waals surface area contributed by atoms with Gasteiger partial charge in [-0.25, -0.2) is 9.80 Å².